The molecule has 1 amide bonds. The van der Waals surface area contributed by atoms with Gasteiger partial charge in [0.1, 0.15) is 12.2 Å². The second-order valence-electron chi connectivity index (χ2n) is 8.63. The average molecular weight is 427 g/mol. The van der Waals surface area contributed by atoms with Gasteiger partial charge in [-0.25, -0.2) is 4.98 Å². The monoisotopic (exact) mass is 426 g/mol. The Morgan fingerprint density at radius 2 is 2.10 bits per heavy atom. The van der Waals surface area contributed by atoms with E-state index < -0.39 is 18.1 Å². The van der Waals surface area contributed by atoms with Crippen LogP contribution in [0.25, 0.3) is 11.1 Å². The second kappa shape index (κ2) is 8.40. The molecule has 0 saturated carbocycles. The first kappa shape index (κ1) is 20.9. The van der Waals surface area contributed by atoms with Crippen LogP contribution in [0, 0.1) is 0 Å². The van der Waals surface area contributed by atoms with Gasteiger partial charge in [0, 0.05) is 28.5 Å². The predicted octanol–water partition coefficient (Wildman–Crippen LogP) is 4.94. The van der Waals surface area contributed by atoms with Crippen molar-refractivity contribution in [3.05, 3.63) is 58.8 Å². The number of carbonyl (C=O) groups excluding carboxylic acids is 1. The number of aliphatic hydroxyl groups excluding tert-OH is 1. The van der Waals surface area contributed by atoms with E-state index in [1.54, 1.807) is 0 Å². The van der Waals surface area contributed by atoms with Gasteiger partial charge in [-0.05, 0) is 56.9 Å². The van der Waals surface area contributed by atoms with Crippen molar-refractivity contribution in [2.75, 3.05) is 6.61 Å². The molecule has 1 aliphatic carbocycles. The maximum absolute atomic E-state index is 12.0. The molecule has 2 unspecified atom stereocenters. The maximum atomic E-state index is 12.0. The van der Waals surface area contributed by atoms with Gasteiger partial charge < -0.3 is 15.2 Å². The van der Waals surface area contributed by atoms with Gasteiger partial charge in [0.2, 0.25) is 11.8 Å². The van der Waals surface area contributed by atoms with Crippen molar-refractivity contribution in [3.8, 4) is 17.0 Å². The third-order valence-corrected chi connectivity index (χ3v) is 5.98. The number of benzene rings is 1. The molecular formula is C24H27ClN2O3. The number of halogens is 1. The zero-order chi connectivity index (χ0) is 21.3. The van der Waals surface area contributed by atoms with Crippen LogP contribution in [0.5, 0.6) is 5.88 Å². The van der Waals surface area contributed by atoms with E-state index in [0.717, 1.165) is 41.6 Å². The Balaban J connectivity index is 1.86. The molecule has 2 aliphatic rings. The summed E-state index contributed by atoms with van der Waals surface area (Å²) in [6.45, 7) is 3.43. The second-order valence-corrected chi connectivity index (χ2v) is 9.07. The third-order valence-electron chi connectivity index (χ3n) is 5.73. The molecule has 2 aromatic rings. The van der Waals surface area contributed by atoms with Crippen molar-refractivity contribution >= 4 is 17.5 Å². The van der Waals surface area contributed by atoms with E-state index in [0.29, 0.717) is 17.3 Å². The molecule has 0 bridgehead atoms. The lowest BCUT2D eigenvalue weighted by atomic mass is 9.85. The summed E-state index contributed by atoms with van der Waals surface area (Å²) in [4.78, 5) is 17.0. The molecule has 0 saturated heterocycles. The molecule has 6 heteroatoms. The number of nitrogens with one attached hydrogen (secondary N) is 1. The number of aromatic nitrogens is 1. The van der Waals surface area contributed by atoms with E-state index in [1.165, 1.54) is 0 Å². The average Bonchev–Trinajstić information content (AvgIpc) is 2.73. The quantitative estimate of drug-likeness (QED) is 0.679. The summed E-state index contributed by atoms with van der Waals surface area (Å²) < 4.78 is 6.24. The van der Waals surface area contributed by atoms with Gasteiger partial charge in [0.25, 0.3) is 0 Å². The number of allylic oxidation sites excluding steroid dienone is 2. The molecule has 1 aromatic carbocycles. The fraction of sp³-hybridized carbons (Fsp3) is 0.417. The summed E-state index contributed by atoms with van der Waals surface area (Å²) in [5, 5.41) is 12.8. The molecular weight excluding hydrogens is 400 g/mol. The zero-order valence-corrected chi connectivity index (χ0v) is 18.1. The third kappa shape index (κ3) is 4.37. The summed E-state index contributed by atoms with van der Waals surface area (Å²) in [6, 6.07) is 9.55. The van der Waals surface area contributed by atoms with Crippen LogP contribution in [0.4, 0.5) is 0 Å². The van der Waals surface area contributed by atoms with E-state index in [1.807, 2.05) is 38.1 Å². The Hall–Kier alpha value is -2.37. The highest BCUT2D eigenvalue weighted by molar-refractivity contribution is 6.30. The number of hydrogen-bond acceptors (Lipinski definition) is 4. The predicted molar refractivity (Wildman–Crippen MR) is 118 cm³/mol. The van der Waals surface area contributed by atoms with E-state index in [2.05, 4.69) is 23.5 Å². The van der Waals surface area contributed by atoms with Crippen LogP contribution in [0.2, 0.25) is 5.02 Å². The van der Waals surface area contributed by atoms with Crippen LogP contribution in [-0.4, -0.2) is 28.2 Å². The van der Waals surface area contributed by atoms with E-state index in [9.17, 15) is 9.90 Å². The molecule has 2 heterocycles. The topological polar surface area (TPSA) is 71.5 Å². The van der Waals surface area contributed by atoms with Crippen molar-refractivity contribution in [1.82, 2.24) is 10.3 Å². The largest absolute Gasteiger partial charge is 0.471 e. The Labute approximate surface area is 182 Å². The van der Waals surface area contributed by atoms with Crippen molar-refractivity contribution < 1.29 is 14.6 Å². The van der Waals surface area contributed by atoms with Gasteiger partial charge in [-0.1, -0.05) is 35.9 Å². The number of ether oxygens (including phenoxy) is 1. The molecule has 5 nitrogen and oxygen atoms in total. The Bertz CT molecular complexity index is 969. The summed E-state index contributed by atoms with van der Waals surface area (Å²) in [7, 11) is 0. The molecule has 0 spiro atoms. The number of carbonyl (C=O) groups is 1. The molecule has 30 heavy (non-hydrogen) atoms. The number of rotatable bonds is 4. The lowest BCUT2D eigenvalue weighted by Crippen LogP contribution is -2.42. The smallest absolute Gasteiger partial charge is 0.246 e. The molecule has 0 fully saturated rings. The summed E-state index contributed by atoms with van der Waals surface area (Å²) >= 11 is 6.11. The maximum Gasteiger partial charge on any atom is 0.246 e. The minimum Gasteiger partial charge on any atom is -0.471 e. The van der Waals surface area contributed by atoms with E-state index in [-0.39, 0.29) is 12.0 Å². The fourth-order valence-corrected chi connectivity index (χ4v) is 4.44. The molecule has 4 rings (SSSR count). The van der Waals surface area contributed by atoms with Crippen molar-refractivity contribution in [2.24, 2.45) is 0 Å². The number of fused-ring (bicyclic) bond motifs is 1. The SMILES string of the molecule is CC1(C)CC(NC(=O)CO)c2cc(-c3ccc(Cl)cc3)c(C3C=CCCC3)nc2O1. The van der Waals surface area contributed by atoms with Gasteiger partial charge in [-0.15, -0.1) is 0 Å². The minimum absolute atomic E-state index is 0.217. The van der Waals surface area contributed by atoms with Crippen LogP contribution in [-0.2, 0) is 4.79 Å². The molecule has 0 radical (unpaired) electrons. The highest BCUT2D eigenvalue weighted by Crippen LogP contribution is 2.43. The number of pyridine rings is 1. The lowest BCUT2D eigenvalue weighted by molar-refractivity contribution is -0.125. The van der Waals surface area contributed by atoms with Crippen LogP contribution in [0.15, 0.2) is 42.5 Å². The summed E-state index contributed by atoms with van der Waals surface area (Å²) in [5.41, 5.74) is 3.39. The Morgan fingerprint density at radius 3 is 2.77 bits per heavy atom. The van der Waals surface area contributed by atoms with E-state index in [4.69, 9.17) is 21.3 Å². The zero-order valence-electron chi connectivity index (χ0n) is 17.3. The Kier molecular flexibility index (Phi) is 5.85. The highest BCUT2D eigenvalue weighted by Gasteiger charge is 2.37. The molecule has 158 valence electrons. The Morgan fingerprint density at radius 1 is 1.33 bits per heavy atom. The van der Waals surface area contributed by atoms with Gasteiger partial charge in [0.15, 0.2) is 0 Å². The highest BCUT2D eigenvalue weighted by atomic mass is 35.5. The van der Waals surface area contributed by atoms with Gasteiger partial charge in [-0.3, -0.25) is 4.79 Å². The minimum atomic E-state index is -0.546. The van der Waals surface area contributed by atoms with Gasteiger partial charge >= 0.3 is 0 Å². The standard InChI is InChI=1S/C24H27ClN2O3/c1-24(2)13-20(26-21(29)14-28)19-12-18(15-8-10-17(25)11-9-15)22(27-23(19)30-24)16-6-4-3-5-7-16/h4,6,8-12,16,20,28H,3,5,7,13-14H2,1-2H3,(H,26,29). The summed E-state index contributed by atoms with van der Waals surface area (Å²) in [6.07, 6.45) is 8.30. The van der Waals surface area contributed by atoms with Crippen LogP contribution < -0.4 is 10.1 Å². The number of amides is 1. The van der Waals surface area contributed by atoms with Crippen molar-refractivity contribution in [1.29, 1.82) is 0 Å². The van der Waals surface area contributed by atoms with Crippen LogP contribution in [0.3, 0.4) is 0 Å². The summed E-state index contributed by atoms with van der Waals surface area (Å²) in [5.74, 6) is 0.367. The van der Waals surface area contributed by atoms with Crippen molar-refractivity contribution in [2.45, 2.75) is 57.1 Å². The first-order valence-electron chi connectivity index (χ1n) is 10.4. The van der Waals surface area contributed by atoms with Crippen LogP contribution >= 0.6 is 11.6 Å². The molecule has 2 N–H and O–H groups in total. The van der Waals surface area contributed by atoms with Crippen LogP contribution in [0.1, 0.15) is 62.7 Å². The number of hydrogen-bond donors (Lipinski definition) is 2. The first-order valence-corrected chi connectivity index (χ1v) is 10.8. The first-order chi connectivity index (χ1) is 14.4. The molecule has 1 aromatic heterocycles. The lowest BCUT2D eigenvalue weighted by Gasteiger charge is -2.38. The number of nitrogens with zero attached hydrogens (tertiary/aromatic N) is 1. The van der Waals surface area contributed by atoms with Gasteiger partial charge in [0.05, 0.1) is 11.7 Å². The number of aliphatic hydroxyl groups is 1. The normalized spacial score (nSPS) is 22.1. The van der Waals surface area contributed by atoms with Crippen molar-refractivity contribution in [3.63, 3.8) is 0 Å². The van der Waals surface area contributed by atoms with Gasteiger partial charge in [-0.2, -0.15) is 0 Å². The fourth-order valence-electron chi connectivity index (χ4n) is 4.31. The molecule has 1 aliphatic heterocycles. The van der Waals surface area contributed by atoms with E-state index >= 15 is 0 Å². The molecule has 2 atom stereocenters.